The Morgan fingerprint density at radius 3 is 1.67 bits per heavy atom. The molecule has 0 fully saturated rings. The molecule has 0 rings (SSSR count). The minimum absolute atomic E-state index is 1.08. The maximum absolute atomic E-state index is 9.20. The molecule has 0 heterocycles. The quantitative estimate of drug-likeness (QED) is 0.497. The third-order valence-electron chi connectivity index (χ3n) is 0.0796. The van der Waals surface area contributed by atoms with Gasteiger partial charge < -0.3 is 0 Å². The molecule has 0 aromatic carbocycles. The van der Waals surface area contributed by atoms with Crippen LogP contribution in [0.15, 0.2) is 0 Å². The van der Waals surface area contributed by atoms with Crippen molar-refractivity contribution in [2.45, 2.75) is 0 Å². The van der Waals surface area contributed by atoms with E-state index in [9.17, 15) is 8.42 Å². The first kappa shape index (κ1) is 12.3. The van der Waals surface area contributed by atoms with Gasteiger partial charge in [0.05, 0.1) is 11.9 Å². The summed E-state index contributed by atoms with van der Waals surface area (Å²) in [7, 11) is -3.31. The molecule has 0 aromatic rings. The molecule has 0 aliphatic rings. The van der Waals surface area contributed by atoms with Crippen molar-refractivity contribution < 1.29 is 16.7 Å². The zero-order valence-corrected chi connectivity index (χ0v) is 7.53. The van der Waals surface area contributed by atoms with Gasteiger partial charge in [-0.1, -0.05) is 0 Å². The molecule has 4 nitrogen and oxygen atoms in total. The highest BCUT2D eigenvalue weighted by Crippen LogP contribution is 1.86. The van der Waals surface area contributed by atoms with E-state index in [2.05, 4.69) is 28.9 Å². The lowest BCUT2D eigenvalue weighted by Crippen LogP contribution is -1.92. The molecule has 0 unspecified atom stereocenters. The van der Waals surface area contributed by atoms with E-state index in [0.29, 0.717) is 0 Å². The zero-order chi connectivity index (χ0) is 7.91. The summed E-state index contributed by atoms with van der Waals surface area (Å²) in [6.45, 7) is 4.31. The first-order valence-electron chi connectivity index (χ1n) is 1.84. The van der Waals surface area contributed by atoms with Crippen molar-refractivity contribution >= 4 is 30.8 Å². The fourth-order valence-electron chi connectivity index (χ4n) is 0. The number of rotatable bonds is 1. The molecule has 0 saturated heterocycles. The second kappa shape index (κ2) is 6.71. The Kier molecular flexibility index (Phi) is 9.15. The van der Waals surface area contributed by atoms with Gasteiger partial charge in [-0.25, -0.2) is 0 Å². The maximum atomic E-state index is 9.20. The number of hydrogen-bond acceptors (Lipinski definition) is 3. The third kappa shape index (κ3) is 28.9. The van der Waals surface area contributed by atoms with Gasteiger partial charge in [-0.15, -0.1) is 12.3 Å². The predicted octanol–water partition coefficient (Wildman–Crippen LogP) is 0.884. The van der Waals surface area contributed by atoms with Gasteiger partial charge in [0.15, 0.2) is 0 Å². The van der Waals surface area contributed by atoms with Crippen molar-refractivity contribution in [2.24, 2.45) is 0 Å². The van der Waals surface area contributed by atoms with Gasteiger partial charge >= 0.3 is 10.4 Å². The summed E-state index contributed by atoms with van der Waals surface area (Å²) in [5, 5.41) is 0. The van der Waals surface area contributed by atoms with Gasteiger partial charge in [0.2, 0.25) is 0 Å². The second-order valence-corrected chi connectivity index (χ2v) is 3.35. The molecule has 0 atom stereocenters. The molecule has 58 valence electrons. The Hall–Kier alpha value is 0.590. The van der Waals surface area contributed by atoms with E-state index in [-0.39, 0.29) is 0 Å². The Morgan fingerprint density at radius 2 is 1.67 bits per heavy atom. The Morgan fingerprint density at radius 1 is 1.56 bits per heavy atom. The van der Waals surface area contributed by atoms with Crippen LogP contribution in [0.3, 0.4) is 0 Å². The third-order valence-corrected chi connectivity index (χ3v) is 0.716. The van der Waals surface area contributed by atoms with Crippen LogP contribution in [-0.2, 0) is 14.1 Å². The first-order chi connectivity index (χ1) is 3.97. The highest BCUT2D eigenvalue weighted by atomic mass is 35.5. The molecule has 0 amide bonds. The van der Waals surface area contributed by atoms with Crippen LogP contribution in [0.1, 0.15) is 0 Å². The molecule has 0 aromatic heterocycles. The summed E-state index contributed by atoms with van der Waals surface area (Å²) in [6, 6.07) is 0. The highest BCUT2D eigenvalue weighted by molar-refractivity contribution is 7.81. The molecule has 0 aliphatic carbocycles. The van der Waals surface area contributed by atoms with Crippen LogP contribution in [0.5, 0.6) is 0 Å². The normalized spacial score (nSPS) is 9.78. The average Bonchev–Trinajstić information content (AvgIpc) is 1.67. The fourth-order valence-corrected chi connectivity index (χ4v) is 0. The van der Waals surface area contributed by atoms with Crippen LogP contribution < -0.4 is 0 Å². The lowest BCUT2D eigenvalue weighted by Gasteiger charge is -1.77. The van der Waals surface area contributed by atoms with Crippen LogP contribution in [0.25, 0.3) is 0 Å². The van der Waals surface area contributed by atoms with Gasteiger partial charge in [0, 0.05) is 0 Å². The van der Waals surface area contributed by atoms with Crippen LogP contribution in [0.4, 0.5) is 0 Å². The van der Waals surface area contributed by atoms with E-state index in [1.165, 1.54) is 0 Å². The molecule has 0 bridgehead atoms. The minimum Gasteiger partial charge on any atom is -0.263 e. The Labute approximate surface area is 61.5 Å². The standard InChI is InChI=1S/C2H7P.ClHO4S/c1-3-2;1-5-6(2,3)4/h3H,1-2H3;(H,2,3,4). The summed E-state index contributed by atoms with van der Waals surface area (Å²) < 4.78 is 28.8. The van der Waals surface area contributed by atoms with Crippen molar-refractivity contribution in [2.75, 3.05) is 13.3 Å². The van der Waals surface area contributed by atoms with E-state index in [1.807, 2.05) is 0 Å². The topological polar surface area (TPSA) is 63.6 Å². The smallest absolute Gasteiger partial charge is 0.263 e. The van der Waals surface area contributed by atoms with Crippen molar-refractivity contribution in [3.8, 4) is 0 Å². The summed E-state index contributed by atoms with van der Waals surface area (Å²) in [5.41, 5.74) is 0. The molecule has 0 saturated carbocycles. The summed E-state index contributed by atoms with van der Waals surface area (Å²) in [4.78, 5) is 0. The van der Waals surface area contributed by atoms with E-state index in [0.717, 1.165) is 8.58 Å². The van der Waals surface area contributed by atoms with Gasteiger partial charge in [0.1, 0.15) is 0 Å². The molecule has 0 spiro atoms. The van der Waals surface area contributed by atoms with Crippen LogP contribution >= 0.6 is 20.4 Å². The van der Waals surface area contributed by atoms with Gasteiger partial charge in [-0.05, 0) is 13.3 Å². The first-order valence-corrected chi connectivity index (χ1v) is 5.51. The van der Waals surface area contributed by atoms with E-state index >= 15 is 0 Å². The van der Waals surface area contributed by atoms with Crippen LogP contribution in [-0.4, -0.2) is 26.3 Å². The average molecular weight is 195 g/mol. The Balaban J connectivity index is 0. The molecular weight excluding hydrogens is 187 g/mol. The lowest BCUT2D eigenvalue weighted by molar-refractivity contribution is 0.400. The van der Waals surface area contributed by atoms with Crippen molar-refractivity contribution in [1.82, 2.24) is 0 Å². The molecule has 0 radical (unpaired) electrons. The molecule has 0 aliphatic heterocycles. The molecule has 1 N–H and O–H groups in total. The van der Waals surface area contributed by atoms with Crippen LogP contribution in [0.2, 0.25) is 0 Å². The van der Waals surface area contributed by atoms with Crippen molar-refractivity contribution in [1.29, 1.82) is 0 Å². The monoisotopic (exact) mass is 194 g/mol. The van der Waals surface area contributed by atoms with Crippen molar-refractivity contribution in [3.05, 3.63) is 0 Å². The van der Waals surface area contributed by atoms with E-state index in [1.54, 1.807) is 0 Å². The summed E-state index contributed by atoms with van der Waals surface area (Å²) in [5.74, 6) is 0. The minimum atomic E-state index is -4.40. The number of halogens is 1. The van der Waals surface area contributed by atoms with Gasteiger partial charge in [0.25, 0.3) is 0 Å². The predicted molar refractivity (Wildman–Crippen MR) is 38.6 cm³/mol. The molecular formula is C2H8ClO4PS. The van der Waals surface area contributed by atoms with Crippen LogP contribution in [0, 0.1) is 0 Å². The van der Waals surface area contributed by atoms with E-state index in [4.69, 9.17) is 4.55 Å². The molecule has 9 heavy (non-hydrogen) atoms. The summed E-state index contributed by atoms with van der Waals surface area (Å²) >= 11 is 4.14. The summed E-state index contributed by atoms with van der Waals surface area (Å²) in [6.07, 6.45) is 0. The highest BCUT2D eigenvalue weighted by Gasteiger charge is 1.97. The van der Waals surface area contributed by atoms with E-state index < -0.39 is 10.4 Å². The SMILES string of the molecule is CPC.O=S(=O)(O)OCl. The largest absolute Gasteiger partial charge is 0.413 e. The molecule has 7 heteroatoms. The van der Waals surface area contributed by atoms with Crippen molar-refractivity contribution in [3.63, 3.8) is 0 Å². The number of hydrogen-bond donors (Lipinski definition) is 1. The van der Waals surface area contributed by atoms with Gasteiger partial charge in [-0.2, -0.15) is 8.42 Å². The second-order valence-electron chi connectivity index (χ2n) is 0.991. The zero-order valence-electron chi connectivity index (χ0n) is 4.96. The van der Waals surface area contributed by atoms with Gasteiger partial charge in [-0.3, -0.25) is 4.55 Å². The Bertz CT molecular complexity index is 132. The lowest BCUT2D eigenvalue weighted by atomic mass is 11.9. The maximum Gasteiger partial charge on any atom is 0.413 e. The fraction of sp³-hybridized carbons (Fsp3) is 1.00.